The van der Waals surface area contributed by atoms with Gasteiger partial charge in [-0.2, -0.15) is 0 Å². The van der Waals surface area contributed by atoms with E-state index >= 15 is 8.78 Å². The molecule has 0 heterocycles. The molecule has 0 saturated carbocycles. The van der Waals surface area contributed by atoms with E-state index in [1.54, 1.807) is 0 Å². The molecule has 72 heavy (non-hydrogen) atoms. The topological polar surface area (TPSA) is 6.48 Å². The van der Waals surface area contributed by atoms with Crippen LogP contribution in [0.25, 0.3) is 76.8 Å². The fourth-order valence-corrected chi connectivity index (χ4v) is 10.9. The first-order chi connectivity index (χ1) is 35.2. The monoisotopic (exact) mass is 932 g/mol. The van der Waals surface area contributed by atoms with E-state index in [1.807, 2.05) is 135 Å². The van der Waals surface area contributed by atoms with Crippen LogP contribution in [0.4, 0.5) is 42.9 Å². The first-order valence-electron chi connectivity index (χ1n) is 24.5. The van der Waals surface area contributed by atoms with Gasteiger partial charge in [-0.25, -0.2) is 8.78 Å². The Bertz CT molecular complexity index is 3750. The van der Waals surface area contributed by atoms with Gasteiger partial charge in [0, 0.05) is 33.3 Å². The molecule has 12 aromatic carbocycles. The van der Waals surface area contributed by atoms with E-state index in [4.69, 9.17) is 0 Å². The molecule has 0 aromatic heterocycles. The molecule has 12 aromatic rings. The van der Waals surface area contributed by atoms with Gasteiger partial charge in [-0.15, -0.1) is 0 Å². The highest BCUT2D eigenvalue weighted by molar-refractivity contribution is 6.28. The van der Waals surface area contributed by atoms with Crippen LogP contribution in [0, 0.1) is 39.3 Å². The molecule has 0 N–H and O–H groups in total. The summed E-state index contributed by atoms with van der Waals surface area (Å²) in [4.78, 5) is 4.13. The molecule has 0 saturated heterocycles. The Balaban J connectivity index is 1.09. The number of halogens is 2. The fourth-order valence-electron chi connectivity index (χ4n) is 10.9. The Labute approximate surface area is 419 Å². The third-order valence-corrected chi connectivity index (χ3v) is 14.1. The molecule has 0 aliphatic rings. The van der Waals surface area contributed by atoms with Gasteiger partial charge in [0.2, 0.25) is 0 Å². The van der Waals surface area contributed by atoms with Crippen LogP contribution in [0.15, 0.2) is 231 Å². The lowest BCUT2D eigenvalue weighted by atomic mass is 9.90. The number of para-hydroxylation sites is 2. The van der Waals surface area contributed by atoms with E-state index in [9.17, 15) is 0 Å². The highest BCUT2D eigenvalue weighted by Gasteiger charge is 2.28. The van der Waals surface area contributed by atoms with E-state index in [2.05, 4.69) is 133 Å². The van der Waals surface area contributed by atoms with Crippen molar-refractivity contribution in [1.82, 2.24) is 0 Å². The van der Waals surface area contributed by atoms with Gasteiger partial charge in [0.1, 0.15) is 0 Å². The average Bonchev–Trinajstić information content (AvgIpc) is 3.40. The number of rotatable bonds is 10. The van der Waals surface area contributed by atoms with Crippen LogP contribution in [0.5, 0.6) is 0 Å². The van der Waals surface area contributed by atoms with Crippen molar-refractivity contribution in [1.29, 1.82) is 0 Å². The Morgan fingerprint density at radius 2 is 0.625 bits per heavy atom. The van der Waals surface area contributed by atoms with Gasteiger partial charge in [-0.3, -0.25) is 0 Å². The predicted molar refractivity (Wildman–Crippen MR) is 300 cm³/mol. The SMILES string of the molecule is Cc1cccc(-c2ccc(N(c3ccccc3)c3ccc4ccc5c(N(c6ccccc6)c6ccc(-c7cccc(C)c7)c(-c7cccc(C)c7)c6F)ccc6ccc3c4c65)c(F)c2-c2cccc(C)c2)c1. The molecule has 2 nitrogen and oxygen atoms in total. The van der Waals surface area contributed by atoms with Crippen molar-refractivity contribution in [3.8, 4) is 44.5 Å². The van der Waals surface area contributed by atoms with Crippen LogP contribution in [0.1, 0.15) is 22.3 Å². The van der Waals surface area contributed by atoms with E-state index in [-0.39, 0.29) is 11.6 Å². The summed E-state index contributed by atoms with van der Waals surface area (Å²) in [7, 11) is 0. The lowest BCUT2D eigenvalue weighted by Gasteiger charge is -2.30. The van der Waals surface area contributed by atoms with Crippen molar-refractivity contribution in [2.45, 2.75) is 27.7 Å². The minimum atomic E-state index is -0.310. The lowest BCUT2D eigenvalue weighted by Crippen LogP contribution is -2.14. The van der Waals surface area contributed by atoms with Crippen LogP contribution in [0.2, 0.25) is 0 Å². The van der Waals surface area contributed by atoms with E-state index in [0.717, 1.165) is 111 Å². The fraction of sp³-hybridized carbons (Fsp3) is 0.0588. The number of hydrogen-bond donors (Lipinski definition) is 0. The summed E-state index contributed by atoms with van der Waals surface area (Å²) >= 11 is 0. The van der Waals surface area contributed by atoms with Crippen LogP contribution in [-0.4, -0.2) is 0 Å². The van der Waals surface area contributed by atoms with Crippen molar-refractivity contribution in [2.75, 3.05) is 9.80 Å². The summed E-state index contributed by atoms with van der Waals surface area (Å²) < 4.78 is 36.5. The Hall–Kier alpha value is -8.86. The molecule has 0 bridgehead atoms. The quantitative estimate of drug-likeness (QED) is 0.126. The molecule has 346 valence electrons. The van der Waals surface area contributed by atoms with Gasteiger partial charge >= 0.3 is 0 Å². The third kappa shape index (κ3) is 7.73. The van der Waals surface area contributed by atoms with E-state index in [1.165, 1.54) is 0 Å². The standard InChI is InChI=1S/C68H50F2N2/c1-43-15-11-19-49(39-43)55-33-37-61(67(69)65(55)51-21-13-17-45(3)41-51)71(53-23-7-5-8-24-53)59-35-29-47-28-32-58-60(36-30-48-27-31-57(59)63(47)64(48)58)72(54-25-9-6-10-26-54)62-38-34-56(50-20-12-16-44(2)40-50)66(68(62)70)52-22-14-18-46(4)42-52/h5-42H,1-4H3. The average molecular weight is 933 g/mol. The molecule has 0 atom stereocenters. The second-order valence-electron chi connectivity index (χ2n) is 19.1. The zero-order valence-electron chi connectivity index (χ0n) is 40.6. The Kier molecular flexibility index (Phi) is 11.2. The van der Waals surface area contributed by atoms with Crippen LogP contribution >= 0.6 is 0 Å². The molecular formula is C68H50F2N2. The summed E-state index contributed by atoms with van der Waals surface area (Å²) in [6, 6.07) is 78.1. The maximum Gasteiger partial charge on any atom is 0.155 e. The van der Waals surface area contributed by atoms with Crippen molar-refractivity contribution in [3.63, 3.8) is 0 Å². The molecule has 0 aliphatic heterocycles. The first-order valence-corrected chi connectivity index (χ1v) is 24.5. The van der Waals surface area contributed by atoms with Gasteiger partial charge in [-0.1, -0.05) is 204 Å². The number of nitrogens with zero attached hydrogens (tertiary/aromatic N) is 2. The number of aryl methyl sites for hydroxylation is 4. The summed E-state index contributed by atoms with van der Waals surface area (Å²) in [6.07, 6.45) is 0. The van der Waals surface area contributed by atoms with Crippen LogP contribution in [0.3, 0.4) is 0 Å². The van der Waals surface area contributed by atoms with Gasteiger partial charge < -0.3 is 9.80 Å². The molecule has 0 aliphatic carbocycles. The Morgan fingerprint density at radius 3 is 1.00 bits per heavy atom. The minimum absolute atomic E-state index is 0.310. The van der Waals surface area contributed by atoms with Gasteiger partial charge in [0.25, 0.3) is 0 Å². The van der Waals surface area contributed by atoms with Crippen molar-refractivity contribution in [3.05, 3.63) is 264 Å². The normalized spacial score (nSPS) is 11.5. The number of benzene rings is 12. The van der Waals surface area contributed by atoms with Gasteiger partial charge in [-0.05, 0) is 131 Å². The minimum Gasteiger partial charge on any atom is -0.307 e. The second kappa shape index (κ2) is 18.1. The highest BCUT2D eigenvalue weighted by atomic mass is 19.1. The summed E-state index contributed by atoms with van der Waals surface area (Å²) in [5.74, 6) is -0.620. The molecule has 0 radical (unpaired) electrons. The predicted octanol–water partition coefficient (Wildman–Crippen LogP) is 19.7. The molecular weight excluding hydrogens is 883 g/mol. The summed E-state index contributed by atoms with van der Waals surface area (Å²) in [5.41, 5.74) is 14.8. The summed E-state index contributed by atoms with van der Waals surface area (Å²) in [5, 5.41) is 6.12. The lowest BCUT2D eigenvalue weighted by molar-refractivity contribution is 0.632. The van der Waals surface area contributed by atoms with Crippen LogP contribution < -0.4 is 9.80 Å². The molecule has 0 spiro atoms. The number of hydrogen-bond acceptors (Lipinski definition) is 2. The van der Waals surface area contributed by atoms with E-state index in [0.29, 0.717) is 22.5 Å². The largest absolute Gasteiger partial charge is 0.307 e. The molecule has 0 amide bonds. The van der Waals surface area contributed by atoms with Crippen LogP contribution in [-0.2, 0) is 0 Å². The zero-order chi connectivity index (χ0) is 49.0. The van der Waals surface area contributed by atoms with E-state index < -0.39 is 0 Å². The molecule has 4 heteroatoms. The van der Waals surface area contributed by atoms with Gasteiger partial charge in [0.05, 0.1) is 22.7 Å². The second-order valence-corrected chi connectivity index (χ2v) is 19.1. The number of anilines is 6. The highest BCUT2D eigenvalue weighted by Crippen LogP contribution is 2.51. The molecule has 12 rings (SSSR count). The molecule has 0 fully saturated rings. The first kappa shape index (κ1) is 44.4. The maximum atomic E-state index is 18.3. The molecule has 0 unspecified atom stereocenters. The van der Waals surface area contributed by atoms with Crippen molar-refractivity contribution >= 4 is 66.4 Å². The van der Waals surface area contributed by atoms with Crippen molar-refractivity contribution in [2.24, 2.45) is 0 Å². The maximum absolute atomic E-state index is 18.3. The zero-order valence-corrected chi connectivity index (χ0v) is 40.6. The van der Waals surface area contributed by atoms with Crippen molar-refractivity contribution < 1.29 is 8.78 Å². The van der Waals surface area contributed by atoms with Gasteiger partial charge in [0.15, 0.2) is 11.6 Å². The summed E-state index contributed by atoms with van der Waals surface area (Å²) in [6.45, 7) is 8.23. The smallest absolute Gasteiger partial charge is 0.155 e. The Morgan fingerprint density at radius 1 is 0.292 bits per heavy atom. The third-order valence-electron chi connectivity index (χ3n) is 14.1.